The summed E-state index contributed by atoms with van der Waals surface area (Å²) in [6.45, 7) is 13.0. The van der Waals surface area contributed by atoms with E-state index in [4.69, 9.17) is 4.74 Å². The van der Waals surface area contributed by atoms with Crippen molar-refractivity contribution in [3.63, 3.8) is 0 Å². The molecule has 1 aromatic heterocycles. The molecule has 1 N–H and O–H groups in total. The van der Waals surface area contributed by atoms with Crippen LogP contribution in [0, 0.1) is 6.92 Å². The lowest BCUT2D eigenvalue weighted by atomic mass is 10.0. The van der Waals surface area contributed by atoms with Crippen LogP contribution in [0.4, 0.5) is 0 Å². The third-order valence-corrected chi connectivity index (χ3v) is 4.81. The van der Waals surface area contributed by atoms with Gasteiger partial charge in [0.05, 0.1) is 0 Å². The number of allylic oxidation sites excluding steroid dienone is 1. The van der Waals surface area contributed by atoms with Gasteiger partial charge in [-0.15, -0.1) is 0 Å². The number of carbonyl (C=O) groups is 1. The number of amides is 1. The predicted octanol–water partition coefficient (Wildman–Crippen LogP) is 3.34. The number of carbonyl (C=O) groups excluding carboxylic acids is 1. The minimum atomic E-state index is -0.0164. The molecule has 2 aliphatic heterocycles. The zero-order chi connectivity index (χ0) is 20.1. The van der Waals surface area contributed by atoms with E-state index < -0.39 is 0 Å². The predicted molar refractivity (Wildman–Crippen MR) is 111 cm³/mol. The molecule has 6 nitrogen and oxygen atoms in total. The Kier molecular flexibility index (Phi) is 6.09. The summed E-state index contributed by atoms with van der Waals surface area (Å²) in [6.07, 6.45) is 10.3. The van der Waals surface area contributed by atoms with Crippen molar-refractivity contribution in [1.29, 1.82) is 0 Å². The lowest BCUT2D eigenvalue weighted by Gasteiger charge is -2.31. The van der Waals surface area contributed by atoms with Crippen LogP contribution < -0.4 is 5.32 Å². The second-order valence-electron chi connectivity index (χ2n) is 7.00. The number of aromatic nitrogens is 1. The SMILES string of the molecule is C=CC(=O)N1CCC(O/C(C)=C/NC2=NC=C(c3cncc(C)c3)C2=C)CC1. The molecule has 6 heteroatoms. The zero-order valence-corrected chi connectivity index (χ0v) is 16.4. The third-order valence-electron chi connectivity index (χ3n) is 4.81. The Hall–Kier alpha value is -3.15. The number of nitrogens with zero attached hydrogens (tertiary/aromatic N) is 3. The highest BCUT2D eigenvalue weighted by atomic mass is 16.5. The Morgan fingerprint density at radius 2 is 2.11 bits per heavy atom. The average molecular weight is 378 g/mol. The van der Waals surface area contributed by atoms with Gasteiger partial charge in [0.15, 0.2) is 0 Å². The number of hydrogen-bond acceptors (Lipinski definition) is 5. The van der Waals surface area contributed by atoms with Crippen LogP contribution in [0.3, 0.4) is 0 Å². The molecule has 146 valence electrons. The van der Waals surface area contributed by atoms with Crippen LogP contribution in [0.1, 0.15) is 30.9 Å². The highest BCUT2D eigenvalue weighted by Crippen LogP contribution is 2.27. The lowest BCUT2D eigenvalue weighted by molar-refractivity contribution is -0.128. The molecule has 1 fully saturated rings. The summed E-state index contributed by atoms with van der Waals surface area (Å²) in [5.74, 6) is 1.46. The number of hydrogen-bond donors (Lipinski definition) is 1. The van der Waals surface area contributed by atoms with Gasteiger partial charge in [-0.1, -0.05) is 13.2 Å². The van der Waals surface area contributed by atoms with Gasteiger partial charge in [-0.25, -0.2) is 4.99 Å². The van der Waals surface area contributed by atoms with Gasteiger partial charge in [-0.3, -0.25) is 9.78 Å². The molecule has 0 unspecified atom stereocenters. The molecule has 1 aromatic rings. The summed E-state index contributed by atoms with van der Waals surface area (Å²) >= 11 is 0. The largest absolute Gasteiger partial charge is 0.493 e. The average Bonchev–Trinajstić information content (AvgIpc) is 3.07. The minimum Gasteiger partial charge on any atom is -0.493 e. The number of rotatable bonds is 5. The molecule has 28 heavy (non-hydrogen) atoms. The maximum atomic E-state index is 11.6. The molecule has 2 aliphatic rings. The summed E-state index contributed by atoms with van der Waals surface area (Å²) in [5.41, 5.74) is 3.89. The van der Waals surface area contributed by atoms with E-state index in [0.717, 1.165) is 40.9 Å². The number of likely N-dealkylation sites (tertiary alicyclic amines) is 1. The van der Waals surface area contributed by atoms with E-state index in [-0.39, 0.29) is 12.0 Å². The van der Waals surface area contributed by atoms with Crippen LogP contribution in [-0.4, -0.2) is 40.8 Å². The molecule has 1 saturated heterocycles. The van der Waals surface area contributed by atoms with Crippen molar-refractivity contribution in [3.05, 3.63) is 72.6 Å². The van der Waals surface area contributed by atoms with Crippen LogP contribution in [0.15, 0.2) is 66.4 Å². The Morgan fingerprint density at radius 3 is 2.79 bits per heavy atom. The van der Waals surface area contributed by atoms with E-state index in [1.807, 2.05) is 26.2 Å². The third kappa shape index (κ3) is 4.57. The fourth-order valence-corrected chi connectivity index (χ4v) is 3.28. The van der Waals surface area contributed by atoms with E-state index >= 15 is 0 Å². The van der Waals surface area contributed by atoms with E-state index in [1.165, 1.54) is 6.08 Å². The Labute approximate surface area is 166 Å². The first-order valence-electron chi connectivity index (χ1n) is 9.39. The van der Waals surface area contributed by atoms with Crippen LogP contribution in [0.25, 0.3) is 5.57 Å². The molecule has 3 heterocycles. The van der Waals surface area contributed by atoms with Crippen LogP contribution >= 0.6 is 0 Å². The van der Waals surface area contributed by atoms with Crippen molar-refractivity contribution >= 4 is 17.3 Å². The summed E-state index contributed by atoms with van der Waals surface area (Å²) in [7, 11) is 0. The fourth-order valence-electron chi connectivity index (χ4n) is 3.28. The number of pyridine rings is 1. The highest BCUT2D eigenvalue weighted by molar-refractivity contribution is 6.15. The monoisotopic (exact) mass is 378 g/mol. The van der Waals surface area contributed by atoms with Crippen molar-refractivity contribution in [3.8, 4) is 0 Å². The summed E-state index contributed by atoms with van der Waals surface area (Å²) in [4.78, 5) is 22.1. The number of aliphatic imine (C=N–C) groups is 1. The molecule has 0 aromatic carbocycles. The quantitative estimate of drug-likeness (QED) is 0.630. The highest BCUT2D eigenvalue weighted by Gasteiger charge is 2.22. The first-order chi connectivity index (χ1) is 13.5. The van der Waals surface area contributed by atoms with E-state index in [0.29, 0.717) is 18.9 Å². The maximum Gasteiger partial charge on any atom is 0.245 e. The van der Waals surface area contributed by atoms with Gasteiger partial charge < -0.3 is 15.0 Å². The molecule has 0 spiro atoms. The second-order valence-corrected chi connectivity index (χ2v) is 7.00. The van der Waals surface area contributed by atoms with Gasteiger partial charge in [0.2, 0.25) is 5.91 Å². The summed E-state index contributed by atoms with van der Waals surface area (Å²) in [5, 5.41) is 3.18. The van der Waals surface area contributed by atoms with E-state index in [1.54, 1.807) is 17.3 Å². The zero-order valence-electron chi connectivity index (χ0n) is 16.4. The van der Waals surface area contributed by atoms with Gasteiger partial charge in [-0.05, 0) is 31.6 Å². The first kappa shape index (κ1) is 19.6. The number of ether oxygens (including phenoxy) is 1. The second kappa shape index (κ2) is 8.69. The smallest absolute Gasteiger partial charge is 0.245 e. The van der Waals surface area contributed by atoms with Gasteiger partial charge in [0.1, 0.15) is 17.7 Å². The Bertz CT molecular complexity index is 874. The lowest BCUT2D eigenvalue weighted by Crippen LogP contribution is -2.39. The molecule has 3 rings (SSSR count). The molecule has 0 atom stereocenters. The number of amidine groups is 1. The van der Waals surface area contributed by atoms with Crippen LogP contribution in [0.2, 0.25) is 0 Å². The molecule has 0 bridgehead atoms. The van der Waals surface area contributed by atoms with Crippen molar-refractivity contribution in [1.82, 2.24) is 15.2 Å². The topological polar surface area (TPSA) is 66.8 Å². The molecular weight excluding hydrogens is 352 g/mol. The van der Waals surface area contributed by atoms with Gasteiger partial charge in [0.25, 0.3) is 0 Å². The first-order valence-corrected chi connectivity index (χ1v) is 9.39. The van der Waals surface area contributed by atoms with Crippen LogP contribution in [-0.2, 0) is 9.53 Å². The Balaban J connectivity index is 1.50. The van der Waals surface area contributed by atoms with Crippen molar-refractivity contribution in [2.45, 2.75) is 32.8 Å². The number of aryl methyl sites for hydroxylation is 1. The van der Waals surface area contributed by atoms with E-state index in [9.17, 15) is 4.79 Å². The molecule has 1 amide bonds. The van der Waals surface area contributed by atoms with Crippen molar-refractivity contribution < 1.29 is 9.53 Å². The molecule has 0 saturated carbocycles. The van der Waals surface area contributed by atoms with Gasteiger partial charge in [0, 0.05) is 67.4 Å². The van der Waals surface area contributed by atoms with Crippen molar-refractivity contribution in [2.75, 3.05) is 13.1 Å². The summed E-state index contributed by atoms with van der Waals surface area (Å²) < 4.78 is 6.00. The molecule has 0 radical (unpaired) electrons. The maximum absolute atomic E-state index is 11.6. The molecular formula is C22H26N4O2. The van der Waals surface area contributed by atoms with Gasteiger partial charge in [-0.2, -0.15) is 0 Å². The van der Waals surface area contributed by atoms with Crippen LogP contribution in [0.5, 0.6) is 0 Å². The standard InChI is InChI=1S/C22H26N4O2/c1-5-21(27)26-8-6-19(7-9-26)28-16(3)12-24-22-17(4)20(14-25-22)18-10-15(2)11-23-13-18/h5,10-14,19H,1,4,6-9H2,2-3H3,(H,24,25)/b16-12+. The summed E-state index contributed by atoms with van der Waals surface area (Å²) in [6, 6.07) is 2.07. The van der Waals surface area contributed by atoms with E-state index in [2.05, 4.69) is 34.5 Å². The number of nitrogens with one attached hydrogen (secondary N) is 1. The number of piperidine rings is 1. The van der Waals surface area contributed by atoms with Crippen molar-refractivity contribution in [2.24, 2.45) is 4.99 Å². The molecule has 0 aliphatic carbocycles. The van der Waals surface area contributed by atoms with Gasteiger partial charge >= 0.3 is 0 Å². The minimum absolute atomic E-state index is 0.0164. The Morgan fingerprint density at radius 1 is 1.36 bits per heavy atom. The fraction of sp³-hybridized carbons (Fsp3) is 0.318. The normalized spacial score (nSPS) is 17.9.